The number of ether oxygens (including phenoxy) is 1. The van der Waals surface area contributed by atoms with Gasteiger partial charge < -0.3 is 9.84 Å². The van der Waals surface area contributed by atoms with Gasteiger partial charge in [0.05, 0.1) is 13.2 Å². The standard InChI is InChI=1S/C13H18BrNO4S/c1-2-19-12-6-5-10(14)8-13(12)20(17,18)15-7-3-4-11(15)9-16/h5-6,8,11,16H,2-4,7,9H2,1H3/t11-/m0/s1. The lowest BCUT2D eigenvalue weighted by Crippen LogP contribution is -2.37. The van der Waals surface area contributed by atoms with Crippen LogP contribution in [0.5, 0.6) is 5.75 Å². The predicted molar refractivity (Wildman–Crippen MR) is 79.3 cm³/mol. The number of rotatable bonds is 5. The fourth-order valence-corrected chi connectivity index (χ4v) is 4.75. The Hall–Kier alpha value is -0.630. The maximum absolute atomic E-state index is 12.8. The Kier molecular flexibility index (Phi) is 5.06. The van der Waals surface area contributed by atoms with E-state index in [1.807, 2.05) is 6.92 Å². The number of aliphatic hydroxyl groups excluding tert-OH is 1. The molecule has 1 atom stereocenters. The smallest absolute Gasteiger partial charge is 0.247 e. The molecule has 1 aromatic carbocycles. The van der Waals surface area contributed by atoms with Crippen LogP contribution in [0.3, 0.4) is 0 Å². The summed E-state index contributed by atoms with van der Waals surface area (Å²) >= 11 is 3.29. The summed E-state index contributed by atoms with van der Waals surface area (Å²) in [6.07, 6.45) is 1.45. The van der Waals surface area contributed by atoms with Crippen molar-refractivity contribution in [2.75, 3.05) is 19.8 Å². The van der Waals surface area contributed by atoms with Gasteiger partial charge in [0.2, 0.25) is 10.0 Å². The van der Waals surface area contributed by atoms with E-state index in [0.29, 0.717) is 29.8 Å². The summed E-state index contributed by atoms with van der Waals surface area (Å²) in [4.78, 5) is 0.147. The molecule has 2 rings (SSSR count). The molecule has 0 spiro atoms. The molecule has 112 valence electrons. The van der Waals surface area contributed by atoms with Gasteiger partial charge in [0, 0.05) is 17.1 Å². The molecule has 1 heterocycles. The van der Waals surface area contributed by atoms with E-state index in [1.54, 1.807) is 18.2 Å². The molecular weight excluding hydrogens is 346 g/mol. The van der Waals surface area contributed by atoms with Crippen molar-refractivity contribution in [1.82, 2.24) is 4.31 Å². The van der Waals surface area contributed by atoms with Crippen molar-refractivity contribution >= 4 is 26.0 Å². The van der Waals surface area contributed by atoms with E-state index in [0.717, 1.165) is 6.42 Å². The highest BCUT2D eigenvalue weighted by Crippen LogP contribution is 2.33. The summed E-state index contributed by atoms with van der Waals surface area (Å²) in [5, 5.41) is 9.33. The van der Waals surface area contributed by atoms with E-state index in [4.69, 9.17) is 4.74 Å². The minimum atomic E-state index is -3.66. The molecule has 0 radical (unpaired) electrons. The molecule has 5 nitrogen and oxygen atoms in total. The van der Waals surface area contributed by atoms with Gasteiger partial charge in [-0.05, 0) is 38.0 Å². The zero-order valence-corrected chi connectivity index (χ0v) is 13.7. The van der Waals surface area contributed by atoms with Crippen LogP contribution >= 0.6 is 15.9 Å². The van der Waals surface area contributed by atoms with Crippen LogP contribution in [0.4, 0.5) is 0 Å². The number of hydrogen-bond acceptors (Lipinski definition) is 4. The van der Waals surface area contributed by atoms with Crippen LogP contribution in [-0.4, -0.2) is 43.6 Å². The summed E-state index contributed by atoms with van der Waals surface area (Å²) in [5.74, 6) is 0.347. The maximum Gasteiger partial charge on any atom is 0.247 e. The molecule has 20 heavy (non-hydrogen) atoms. The molecule has 0 aromatic heterocycles. The van der Waals surface area contributed by atoms with Gasteiger partial charge >= 0.3 is 0 Å². The first-order valence-electron chi connectivity index (χ1n) is 6.55. The fourth-order valence-electron chi connectivity index (χ4n) is 2.39. The van der Waals surface area contributed by atoms with Gasteiger partial charge in [-0.15, -0.1) is 0 Å². The van der Waals surface area contributed by atoms with E-state index >= 15 is 0 Å². The highest BCUT2D eigenvalue weighted by molar-refractivity contribution is 9.10. The van der Waals surface area contributed by atoms with Gasteiger partial charge in [-0.2, -0.15) is 4.31 Å². The number of benzene rings is 1. The highest BCUT2D eigenvalue weighted by Gasteiger charge is 2.36. The third-order valence-electron chi connectivity index (χ3n) is 3.33. The molecule has 1 aromatic rings. The molecule has 1 aliphatic heterocycles. The molecule has 1 saturated heterocycles. The Labute approximate surface area is 127 Å². The molecule has 1 aliphatic rings. The third-order valence-corrected chi connectivity index (χ3v) is 5.79. The lowest BCUT2D eigenvalue weighted by atomic mass is 10.2. The molecule has 1 fully saturated rings. The third kappa shape index (κ3) is 3.00. The summed E-state index contributed by atoms with van der Waals surface area (Å²) in [6.45, 7) is 2.49. The van der Waals surface area contributed by atoms with Crippen LogP contribution in [0, 0.1) is 0 Å². The van der Waals surface area contributed by atoms with Crippen molar-refractivity contribution in [3.63, 3.8) is 0 Å². The van der Waals surface area contributed by atoms with Crippen LogP contribution in [0.1, 0.15) is 19.8 Å². The molecule has 1 N–H and O–H groups in total. The highest BCUT2D eigenvalue weighted by atomic mass is 79.9. The number of halogens is 1. The Morgan fingerprint density at radius 2 is 2.25 bits per heavy atom. The van der Waals surface area contributed by atoms with Crippen molar-refractivity contribution in [3.8, 4) is 5.75 Å². The van der Waals surface area contributed by atoms with Crippen LogP contribution in [0.15, 0.2) is 27.6 Å². The second-order valence-electron chi connectivity index (χ2n) is 4.62. The lowest BCUT2D eigenvalue weighted by molar-refractivity contribution is 0.213. The Bertz CT molecular complexity index is 576. The predicted octanol–water partition coefficient (Wildman–Crippen LogP) is 1.99. The van der Waals surface area contributed by atoms with Crippen molar-refractivity contribution in [2.24, 2.45) is 0 Å². The maximum atomic E-state index is 12.8. The van der Waals surface area contributed by atoms with Gasteiger partial charge in [0.15, 0.2) is 0 Å². The van der Waals surface area contributed by atoms with Crippen molar-refractivity contribution < 1.29 is 18.3 Å². The molecular formula is C13H18BrNO4S. The van der Waals surface area contributed by atoms with E-state index < -0.39 is 10.0 Å². The summed E-state index contributed by atoms with van der Waals surface area (Å²) in [5.41, 5.74) is 0. The van der Waals surface area contributed by atoms with Crippen molar-refractivity contribution in [2.45, 2.75) is 30.7 Å². The van der Waals surface area contributed by atoms with Gasteiger partial charge in [0.1, 0.15) is 10.6 Å². The second-order valence-corrected chi connectivity index (χ2v) is 7.39. The zero-order valence-electron chi connectivity index (χ0n) is 11.3. The van der Waals surface area contributed by atoms with E-state index in [1.165, 1.54) is 4.31 Å². The van der Waals surface area contributed by atoms with Gasteiger partial charge in [-0.1, -0.05) is 15.9 Å². The van der Waals surface area contributed by atoms with Crippen molar-refractivity contribution in [1.29, 1.82) is 0 Å². The monoisotopic (exact) mass is 363 g/mol. The number of aliphatic hydroxyl groups is 1. The number of sulfonamides is 1. The fraction of sp³-hybridized carbons (Fsp3) is 0.538. The normalized spacial score (nSPS) is 20.2. The first kappa shape index (κ1) is 15.8. The molecule has 7 heteroatoms. The number of hydrogen-bond donors (Lipinski definition) is 1. The largest absolute Gasteiger partial charge is 0.492 e. The van der Waals surface area contributed by atoms with Crippen LogP contribution in [0.2, 0.25) is 0 Å². The first-order chi connectivity index (χ1) is 9.50. The van der Waals surface area contributed by atoms with E-state index in [9.17, 15) is 13.5 Å². The first-order valence-corrected chi connectivity index (χ1v) is 8.79. The number of nitrogens with zero attached hydrogens (tertiary/aromatic N) is 1. The Balaban J connectivity index is 2.45. The summed E-state index contributed by atoms with van der Waals surface area (Å²) < 4.78 is 33.0. The van der Waals surface area contributed by atoms with Crippen LogP contribution in [0.25, 0.3) is 0 Å². The Morgan fingerprint density at radius 3 is 2.90 bits per heavy atom. The molecule has 0 saturated carbocycles. The van der Waals surface area contributed by atoms with Crippen molar-refractivity contribution in [3.05, 3.63) is 22.7 Å². The van der Waals surface area contributed by atoms with Crippen LogP contribution < -0.4 is 4.74 Å². The second kappa shape index (κ2) is 6.43. The van der Waals surface area contributed by atoms with Gasteiger partial charge in [-0.25, -0.2) is 8.42 Å². The SMILES string of the molecule is CCOc1ccc(Br)cc1S(=O)(=O)N1CCC[C@H]1CO. The lowest BCUT2D eigenvalue weighted by Gasteiger charge is -2.23. The molecule has 0 bridgehead atoms. The molecule has 0 amide bonds. The summed E-state index contributed by atoms with van der Waals surface area (Å²) in [6, 6.07) is 4.60. The quantitative estimate of drug-likeness (QED) is 0.868. The minimum absolute atomic E-state index is 0.147. The van der Waals surface area contributed by atoms with E-state index in [-0.39, 0.29) is 17.5 Å². The van der Waals surface area contributed by atoms with E-state index in [2.05, 4.69) is 15.9 Å². The van der Waals surface area contributed by atoms with Gasteiger partial charge in [0.25, 0.3) is 0 Å². The average molecular weight is 364 g/mol. The van der Waals surface area contributed by atoms with Gasteiger partial charge in [-0.3, -0.25) is 0 Å². The minimum Gasteiger partial charge on any atom is -0.492 e. The zero-order chi connectivity index (χ0) is 14.8. The van der Waals surface area contributed by atoms with Crippen LogP contribution in [-0.2, 0) is 10.0 Å². The topological polar surface area (TPSA) is 66.8 Å². The summed E-state index contributed by atoms with van der Waals surface area (Å²) in [7, 11) is -3.66. The Morgan fingerprint density at radius 1 is 1.50 bits per heavy atom. The molecule has 0 unspecified atom stereocenters. The average Bonchev–Trinajstić information content (AvgIpc) is 2.90. The molecule has 0 aliphatic carbocycles.